The molecule has 0 fully saturated rings. The zero-order chi connectivity index (χ0) is 9.82. The van der Waals surface area contributed by atoms with Crippen molar-refractivity contribution in [3.05, 3.63) is 43.3 Å². The zero-order valence-electron chi connectivity index (χ0n) is 10.2. The van der Waals surface area contributed by atoms with E-state index in [0.717, 1.165) is 0 Å². The molecule has 0 unspecified atom stereocenters. The summed E-state index contributed by atoms with van der Waals surface area (Å²) in [6.07, 6.45) is 0. The summed E-state index contributed by atoms with van der Waals surface area (Å²) in [5.41, 5.74) is 6.54. The summed E-state index contributed by atoms with van der Waals surface area (Å²) in [6, 6.07) is 9.99. The van der Waals surface area contributed by atoms with Gasteiger partial charge in [0, 0.05) is 39.3 Å². The summed E-state index contributed by atoms with van der Waals surface area (Å²) in [6.45, 7) is 8.64. The second kappa shape index (κ2) is 29.2. The third-order valence-electron chi connectivity index (χ3n) is 1.08. The van der Waals surface area contributed by atoms with Gasteiger partial charge in [-0.3, -0.25) is 0 Å². The van der Waals surface area contributed by atoms with Crippen molar-refractivity contribution in [1.82, 2.24) is 0 Å². The average molecular weight is 287 g/mol. The van der Waals surface area contributed by atoms with Gasteiger partial charge in [0.15, 0.2) is 0 Å². The molecule has 0 aliphatic rings. The van der Waals surface area contributed by atoms with Crippen LogP contribution in [0.25, 0.3) is 0 Å². The van der Waals surface area contributed by atoms with E-state index in [4.69, 9.17) is 5.73 Å². The molecule has 15 heavy (non-hydrogen) atoms. The quantitative estimate of drug-likeness (QED) is 0.766. The van der Waals surface area contributed by atoms with Gasteiger partial charge in [-0.1, -0.05) is 65.5 Å². The zero-order valence-corrected chi connectivity index (χ0v) is 13.1. The van der Waals surface area contributed by atoms with Crippen LogP contribution >= 0.6 is 0 Å². The van der Waals surface area contributed by atoms with E-state index in [9.17, 15) is 0 Å². The van der Waals surface area contributed by atoms with Crippen molar-refractivity contribution in [2.24, 2.45) is 5.73 Å². The maximum atomic E-state index is 5.35. The minimum absolute atomic E-state index is 0. The molecule has 2 N–H and O–H groups in total. The van der Waals surface area contributed by atoms with Crippen LogP contribution in [0.15, 0.2) is 30.3 Å². The molecule has 0 aliphatic carbocycles. The Bertz CT molecular complexity index is 152. The summed E-state index contributed by atoms with van der Waals surface area (Å²) < 4.78 is 0. The molecule has 0 saturated heterocycles. The fraction of sp³-hybridized carbons (Fsp3) is 0.462. The molecule has 0 spiro atoms. The largest absolute Gasteiger partial charge is 0.358 e. The van der Waals surface area contributed by atoms with Crippen molar-refractivity contribution in [1.29, 1.82) is 0 Å². The van der Waals surface area contributed by atoms with Crippen LogP contribution in [0.1, 0.15) is 40.7 Å². The molecule has 0 heterocycles. The normalized spacial score (nSPS) is 5.67. The van der Waals surface area contributed by atoms with Gasteiger partial charge in [0.25, 0.3) is 0 Å². The number of hydrogen-bond donors (Lipinski definition) is 1. The molecular formula is C13H28NY-. The number of hydrogen-bond acceptors (Lipinski definition) is 1. The first kappa shape index (κ1) is 29.5. The van der Waals surface area contributed by atoms with Gasteiger partial charge >= 0.3 is 0 Å². The molecule has 0 bridgehead atoms. The van der Waals surface area contributed by atoms with E-state index in [1.807, 2.05) is 58.0 Å². The van der Waals surface area contributed by atoms with Crippen LogP contribution in [-0.2, 0) is 39.3 Å². The summed E-state index contributed by atoms with van der Waals surface area (Å²) in [4.78, 5) is 0. The Morgan fingerprint density at radius 2 is 1.27 bits per heavy atom. The number of nitrogens with two attached hydrogens (primary N) is 1. The van der Waals surface area contributed by atoms with Gasteiger partial charge < -0.3 is 13.2 Å². The van der Waals surface area contributed by atoms with Crippen molar-refractivity contribution >= 4 is 0 Å². The minimum Gasteiger partial charge on any atom is -0.358 e. The van der Waals surface area contributed by atoms with Gasteiger partial charge in [-0.05, 0) is 5.56 Å². The summed E-state index contributed by atoms with van der Waals surface area (Å²) in [5.74, 6) is 0. The molecule has 0 aliphatic heterocycles. The van der Waals surface area contributed by atoms with E-state index in [1.54, 1.807) is 0 Å². The third kappa shape index (κ3) is 20.4. The van der Waals surface area contributed by atoms with Crippen molar-refractivity contribution in [3.63, 3.8) is 0 Å². The van der Waals surface area contributed by atoms with Crippen LogP contribution in [-0.4, -0.2) is 0 Å². The molecule has 2 heteroatoms. The van der Waals surface area contributed by atoms with Crippen LogP contribution in [0.2, 0.25) is 0 Å². The molecule has 1 nitrogen and oxygen atoms in total. The van der Waals surface area contributed by atoms with Crippen molar-refractivity contribution in [3.8, 4) is 0 Å². The Morgan fingerprint density at radius 3 is 1.47 bits per heavy atom. The average Bonchev–Trinajstić information content (AvgIpc) is 2.25. The van der Waals surface area contributed by atoms with Crippen LogP contribution in [0.4, 0.5) is 0 Å². The van der Waals surface area contributed by atoms with Gasteiger partial charge in [-0.2, -0.15) is 0 Å². The first-order valence-electron chi connectivity index (χ1n) is 4.67. The predicted molar refractivity (Wildman–Crippen MR) is 70.2 cm³/mol. The monoisotopic (exact) mass is 287 g/mol. The molecule has 0 atom stereocenters. The van der Waals surface area contributed by atoms with Crippen molar-refractivity contribution in [2.75, 3.05) is 0 Å². The second-order valence-corrected chi connectivity index (χ2v) is 1.69. The molecule has 1 aromatic carbocycles. The molecule has 1 radical (unpaired) electrons. The smallest absolute Gasteiger partial charge is 0.0178 e. The van der Waals surface area contributed by atoms with Gasteiger partial charge in [-0.15, -0.1) is 0 Å². The van der Waals surface area contributed by atoms with E-state index in [0.29, 0.717) is 6.54 Å². The van der Waals surface area contributed by atoms with Crippen LogP contribution in [0.5, 0.6) is 0 Å². The van der Waals surface area contributed by atoms with E-state index in [1.165, 1.54) is 5.56 Å². The van der Waals surface area contributed by atoms with E-state index in [2.05, 4.69) is 0 Å². The van der Waals surface area contributed by atoms with Gasteiger partial charge in [0.1, 0.15) is 0 Å². The number of benzene rings is 1. The molecule has 0 saturated carbocycles. The van der Waals surface area contributed by atoms with Crippen molar-refractivity contribution < 1.29 is 32.7 Å². The second-order valence-electron chi connectivity index (χ2n) is 1.69. The Kier molecular flexibility index (Phi) is 57.5. The standard InChI is InChI=1S/C7H9N.2C2H6.CH4.CH3.Y/c8-6-7-4-2-1-3-5-7;2*1-2;;;/h1-5H,6,8H2;2*1-2H3;1H4;1H3;/q;;;;-1;. The number of rotatable bonds is 1. The molecule has 1 rings (SSSR count). The SMILES string of the molecule is C.CC.CC.NCc1ccccc1.[CH3-].[Y]. The summed E-state index contributed by atoms with van der Waals surface area (Å²) in [7, 11) is 0. The Morgan fingerprint density at radius 1 is 0.933 bits per heavy atom. The van der Waals surface area contributed by atoms with Crippen LogP contribution < -0.4 is 5.73 Å². The fourth-order valence-corrected chi connectivity index (χ4v) is 0.614. The maximum absolute atomic E-state index is 5.35. The summed E-state index contributed by atoms with van der Waals surface area (Å²) in [5, 5.41) is 0. The third-order valence-corrected chi connectivity index (χ3v) is 1.08. The first-order chi connectivity index (χ1) is 5.93. The molecule has 89 valence electrons. The van der Waals surface area contributed by atoms with Gasteiger partial charge in [0.2, 0.25) is 0 Å². The molecule has 0 aromatic heterocycles. The van der Waals surface area contributed by atoms with Crippen LogP contribution in [0, 0.1) is 7.43 Å². The predicted octanol–water partition coefficient (Wildman–Crippen LogP) is 4.28. The van der Waals surface area contributed by atoms with Gasteiger partial charge in [0.05, 0.1) is 0 Å². The first-order valence-corrected chi connectivity index (χ1v) is 4.67. The Labute approximate surface area is 123 Å². The van der Waals surface area contributed by atoms with E-state index >= 15 is 0 Å². The Balaban J connectivity index is -0.0000000432. The molecule has 0 amide bonds. The van der Waals surface area contributed by atoms with Gasteiger partial charge in [-0.25, -0.2) is 0 Å². The topological polar surface area (TPSA) is 26.0 Å². The van der Waals surface area contributed by atoms with Crippen molar-refractivity contribution in [2.45, 2.75) is 41.7 Å². The van der Waals surface area contributed by atoms with E-state index in [-0.39, 0.29) is 47.6 Å². The Hall–Kier alpha value is 0.284. The van der Waals surface area contributed by atoms with Crippen LogP contribution in [0.3, 0.4) is 0 Å². The minimum atomic E-state index is 0. The molecular weight excluding hydrogens is 259 g/mol. The maximum Gasteiger partial charge on any atom is 0.0178 e. The molecule has 1 aromatic rings. The fourth-order valence-electron chi connectivity index (χ4n) is 0.614. The summed E-state index contributed by atoms with van der Waals surface area (Å²) >= 11 is 0. The van der Waals surface area contributed by atoms with E-state index < -0.39 is 0 Å².